The van der Waals surface area contributed by atoms with Gasteiger partial charge in [0.1, 0.15) is 0 Å². The van der Waals surface area contributed by atoms with E-state index in [1.54, 1.807) is 0 Å². The number of benzene rings is 1. The van der Waals surface area contributed by atoms with Crippen molar-refractivity contribution in [1.29, 1.82) is 0 Å². The molecule has 1 heterocycles. The van der Waals surface area contributed by atoms with Crippen LogP contribution in [0.4, 0.5) is 0 Å². The van der Waals surface area contributed by atoms with Crippen LogP contribution in [0.2, 0.25) is 0 Å². The molecule has 1 saturated heterocycles. The molecule has 0 aromatic heterocycles. The van der Waals surface area contributed by atoms with Crippen LogP contribution in [-0.4, -0.2) is 38.2 Å². The van der Waals surface area contributed by atoms with Gasteiger partial charge >= 0.3 is 5.97 Å². The average Bonchev–Trinajstić information content (AvgIpc) is 2.44. The number of aliphatic carboxylic acids is 1. The van der Waals surface area contributed by atoms with Gasteiger partial charge in [-0.1, -0.05) is 12.1 Å². The van der Waals surface area contributed by atoms with Crippen molar-refractivity contribution in [2.75, 3.05) is 13.2 Å². The van der Waals surface area contributed by atoms with Crippen molar-refractivity contribution in [3.8, 4) is 0 Å². The van der Waals surface area contributed by atoms with E-state index in [0.717, 1.165) is 12.8 Å². The van der Waals surface area contributed by atoms with Crippen molar-refractivity contribution in [3.63, 3.8) is 0 Å². The van der Waals surface area contributed by atoms with Gasteiger partial charge in [0.05, 0.1) is 16.9 Å². The molecule has 23 heavy (non-hydrogen) atoms. The molecular formula is C16H23NO5S. The zero-order valence-electron chi connectivity index (χ0n) is 13.4. The van der Waals surface area contributed by atoms with Gasteiger partial charge in [0, 0.05) is 13.2 Å². The first-order valence-electron chi connectivity index (χ1n) is 7.62. The SMILES string of the molecule is CC1(C)CC(CNS(=O)(=O)c2ccc(CC(=O)O)cc2)CCO1. The standard InChI is InChI=1S/C16H23NO5S/c1-16(2)10-13(7-8-22-16)11-17-23(20,21)14-5-3-12(4-6-14)9-15(18)19/h3-6,13,17H,7-11H2,1-2H3,(H,18,19). The molecule has 2 N–H and O–H groups in total. The van der Waals surface area contributed by atoms with Gasteiger partial charge in [-0.15, -0.1) is 0 Å². The van der Waals surface area contributed by atoms with Crippen LogP contribution in [0.3, 0.4) is 0 Å². The lowest BCUT2D eigenvalue weighted by atomic mass is 9.89. The van der Waals surface area contributed by atoms with Crippen molar-refractivity contribution in [2.45, 2.75) is 43.6 Å². The van der Waals surface area contributed by atoms with Gasteiger partial charge in [-0.05, 0) is 50.3 Å². The maximum atomic E-state index is 12.3. The largest absolute Gasteiger partial charge is 0.481 e. The van der Waals surface area contributed by atoms with Crippen LogP contribution in [0.25, 0.3) is 0 Å². The van der Waals surface area contributed by atoms with Crippen LogP contribution in [-0.2, 0) is 26.0 Å². The molecule has 0 saturated carbocycles. The van der Waals surface area contributed by atoms with Gasteiger partial charge in [0.15, 0.2) is 0 Å². The highest BCUT2D eigenvalue weighted by Gasteiger charge is 2.29. The third-order valence-electron chi connectivity index (χ3n) is 3.95. The molecule has 1 aliphatic rings. The molecule has 1 aromatic carbocycles. The lowest BCUT2D eigenvalue weighted by Gasteiger charge is -2.35. The predicted molar refractivity (Wildman–Crippen MR) is 85.7 cm³/mol. The summed E-state index contributed by atoms with van der Waals surface area (Å²) in [6, 6.07) is 5.93. The summed E-state index contributed by atoms with van der Waals surface area (Å²) in [5.74, 6) is -0.694. The fraction of sp³-hybridized carbons (Fsp3) is 0.562. The number of hydrogen-bond acceptors (Lipinski definition) is 4. The number of sulfonamides is 1. The predicted octanol–water partition coefficient (Wildman–Crippen LogP) is 1.80. The van der Waals surface area contributed by atoms with E-state index in [1.165, 1.54) is 24.3 Å². The number of hydrogen-bond donors (Lipinski definition) is 2. The Labute approximate surface area is 136 Å². The van der Waals surface area contributed by atoms with Gasteiger partial charge in [-0.3, -0.25) is 4.79 Å². The average molecular weight is 341 g/mol. The van der Waals surface area contributed by atoms with E-state index in [-0.39, 0.29) is 22.8 Å². The Hall–Kier alpha value is -1.44. The van der Waals surface area contributed by atoms with Crippen LogP contribution in [0.5, 0.6) is 0 Å². The highest BCUT2D eigenvalue weighted by molar-refractivity contribution is 7.89. The number of carboxylic acid groups (broad SMARTS) is 1. The summed E-state index contributed by atoms with van der Waals surface area (Å²) in [4.78, 5) is 10.8. The maximum absolute atomic E-state index is 12.3. The minimum Gasteiger partial charge on any atom is -0.481 e. The molecule has 0 radical (unpaired) electrons. The van der Waals surface area contributed by atoms with E-state index in [9.17, 15) is 13.2 Å². The van der Waals surface area contributed by atoms with Crippen LogP contribution in [0.1, 0.15) is 32.3 Å². The molecule has 128 valence electrons. The van der Waals surface area contributed by atoms with Gasteiger partial charge in [-0.2, -0.15) is 0 Å². The Kier molecular flexibility index (Phi) is 5.44. The molecule has 0 spiro atoms. The highest BCUT2D eigenvalue weighted by Crippen LogP contribution is 2.28. The first kappa shape index (κ1) is 17.9. The van der Waals surface area contributed by atoms with Crippen molar-refractivity contribution in [3.05, 3.63) is 29.8 Å². The molecule has 1 aromatic rings. The molecule has 0 amide bonds. The number of carbonyl (C=O) groups is 1. The van der Waals surface area contributed by atoms with Crippen LogP contribution >= 0.6 is 0 Å². The van der Waals surface area contributed by atoms with Gasteiger partial charge in [0.25, 0.3) is 0 Å². The Balaban J connectivity index is 1.97. The Bertz CT molecular complexity index is 652. The Morgan fingerprint density at radius 3 is 2.57 bits per heavy atom. The second kappa shape index (κ2) is 6.98. The zero-order valence-corrected chi connectivity index (χ0v) is 14.2. The topological polar surface area (TPSA) is 92.7 Å². The molecule has 6 nitrogen and oxygen atoms in total. The quantitative estimate of drug-likeness (QED) is 0.823. The molecule has 1 unspecified atom stereocenters. The minimum absolute atomic E-state index is 0.120. The number of ether oxygens (including phenoxy) is 1. The Morgan fingerprint density at radius 1 is 1.35 bits per heavy atom. The molecule has 7 heteroatoms. The Morgan fingerprint density at radius 2 is 2.00 bits per heavy atom. The normalized spacial score (nSPS) is 21.0. The summed E-state index contributed by atoms with van der Waals surface area (Å²) in [7, 11) is -3.58. The smallest absolute Gasteiger partial charge is 0.307 e. The van der Waals surface area contributed by atoms with Crippen LogP contribution in [0.15, 0.2) is 29.2 Å². The summed E-state index contributed by atoms with van der Waals surface area (Å²) < 4.78 is 32.9. The van der Waals surface area contributed by atoms with Crippen molar-refractivity contribution in [1.82, 2.24) is 4.72 Å². The molecule has 0 bridgehead atoms. The summed E-state index contributed by atoms with van der Waals surface area (Å²) in [6.45, 7) is 5.04. The van der Waals surface area contributed by atoms with Crippen LogP contribution in [0, 0.1) is 5.92 Å². The fourth-order valence-corrected chi connectivity index (χ4v) is 3.92. The van der Waals surface area contributed by atoms with Crippen molar-refractivity contribution < 1.29 is 23.1 Å². The summed E-state index contributed by atoms with van der Waals surface area (Å²) in [6.07, 6.45) is 1.53. The van der Waals surface area contributed by atoms with E-state index in [2.05, 4.69) is 4.72 Å². The summed E-state index contributed by atoms with van der Waals surface area (Å²) in [5.41, 5.74) is 0.356. The molecule has 0 aliphatic carbocycles. The molecule has 1 atom stereocenters. The van der Waals surface area contributed by atoms with E-state index < -0.39 is 16.0 Å². The van der Waals surface area contributed by atoms with E-state index >= 15 is 0 Å². The van der Waals surface area contributed by atoms with Gasteiger partial charge in [0.2, 0.25) is 10.0 Å². The minimum atomic E-state index is -3.58. The second-order valence-electron chi connectivity index (χ2n) is 6.53. The lowest BCUT2D eigenvalue weighted by molar-refractivity contribution is -0.136. The number of nitrogens with one attached hydrogen (secondary N) is 1. The first-order valence-corrected chi connectivity index (χ1v) is 9.11. The zero-order chi connectivity index (χ0) is 17.1. The van der Waals surface area contributed by atoms with Gasteiger partial charge < -0.3 is 9.84 Å². The monoisotopic (exact) mass is 341 g/mol. The second-order valence-corrected chi connectivity index (χ2v) is 8.30. The molecule has 1 fully saturated rings. The summed E-state index contributed by atoms with van der Waals surface area (Å²) in [5, 5.41) is 8.73. The summed E-state index contributed by atoms with van der Waals surface area (Å²) >= 11 is 0. The first-order chi connectivity index (χ1) is 10.7. The third-order valence-corrected chi connectivity index (χ3v) is 5.39. The maximum Gasteiger partial charge on any atom is 0.307 e. The lowest BCUT2D eigenvalue weighted by Crippen LogP contribution is -2.39. The van der Waals surface area contributed by atoms with Crippen molar-refractivity contribution >= 4 is 16.0 Å². The number of rotatable bonds is 6. The number of carboxylic acids is 1. The van der Waals surface area contributed by atoms with Gasteiger partial charge in [-0.25, -0.2) is 13.1 Å². The third kappa shape index (κ3) is 5.30. The molecular weight excluding hydrogens is 318 g/mol. The van der Waals surface area contributed by atoms with E-state index in [4.69, 9.17) is 9.84 Å². The van der Waals surface area contributed by atoms with E-state index in [0.29, 0.717) is 18.7 Å². The van der Waals surface area contributed by atoms with Crippen LogP contribution < -0.4 is 4.72 Å². The fourth-order valence-electron chi connectivity index (χ4n) is 2.80. The van der Waals surface area contributed by atoms with Crippen molar-refractivity contribution in [2.24, 2.45) is 5.92 Å². The molecule has 2 rings (SSSR count). The van der Waals surface area contributed by atoms with E-state index in [1.807, 2.05) is 13.8 Å². The highest BCUT2D eigenvalue weighted by atomic mass is 32.2. The molecule has 1 aliphatic heterocycles.